The summed E-state index contributed by atoms with van der Waals surface area (Å²) in [6.07, 6.45) is 0. The van der Waals surface area contributed by atoms with E-state index in [0.717, 1.165) is 0 Å². The van der Waals surface area contributed by atoms with Gasteiger partial charge in [-0.1, -0.05) is 132 Å². The zero-order valence-electron chi connectivity index (χ0n) is 18.1. The van der Waals surface area contributed by atoms with E-state index < -0.39 is 0 Å². The Morgan fingerprint density at radius 1 is 0.423 bits per heavy atom. The number of benzene rings is 3. The number of rotatable bonds is 1. The molecule has 142 valence electrons. The number of hydrogen-bond donors (Lipinski definition) is 0. The van der Waals surface area contributed by atoms with E-state index in [4.69, 9.17) is 0 Å². The molecule has 0 amide bonds. The van der Waals surface area contributed by atoms with Crippen LogP contribution in [0.4, 0.5) is 0 Å². The van der Waals surface area contributed by atoms with Crippen LogP contribution in [0.5, 0.6) is 0 Å². The largest absolute Gasteiger partial charge is 0.0683 e. The first-order valence-electron chi connectivity index (χ1n) is 9.90. The van der Waals surface area contributed by atoms with Crippen molar-refractivity contribution in [2.24, 2.45) is 0 Å². The predicted octanol–water partition coefficient (Wildman–Crippen LogP) is 8.74. The summed E-state index contributed by atoms with van der Waals surface area (Å²) in [4.78, 5) is 0. The molecule has 0 heteroatoms. The van der Waals surface area contributed by atoms with Crippen molar-refractivity contribution in [1.29, 1.82) is 0 Å². The van der Waals surface area contributed by atoms with E-state index in [1.54, 1.807) is 0 Å². The van der Waals surface area contributed by atoms with E-state index in [9.17, 15) is 0 Å². The lowest BCUT2D eigenvalue weighted by atomic mass is 10.0. The highest BCUT2D eigenvalue weighted by Crippen LogP contribution is 2.21. The summed E-state index contributed by atoms with van der Waals surface area (Å²) < 4.78 is 0. The lowest BCUT2D eigenvalue weighted by molar-refractivity contribution is 1.46. The maximum absolute atomic E-state index is 2.16. The molecule has 0 fully saturated rings. The fraction of sp³-hybridized carbons (Fsp3) is 0.308. The van der Waals surface area contributed by atoms with E-state index in [2.05, 4.69) is 74.5 Å². The summed E-state index contributed by atoms with van der Waals surface area (Å²) >= 11 is 0. The van der Waals surface area contributed by atoms with Crippen LogP contribution in [0.15, 0.2) is 84.9 Å². The summed E-state index contributed by atoms with van der Waals surface area (Å²) in [5.74, 6) is 0. The first kappa shape index (κ1) is 25.9. The van der Waals surface area contributed by atoms with E-state index in [1.807, 2.05) is 65.8 Å². The van der Waals surface area contributed by atoms with Gasteiger partial charge < -0.3 is 0 Å². The minimum Gasteiger partial charge on any atom is -0.0683 e. The smallest absolute Gasteiger partial charge is 0.0155 e. The molecular weight excluding hydrogens is 312 g/mol. The second-order valence-electron chi connectivity index (χ2n) is 4.84. The van der Waals surface area contributed by atoms with Gasteiger partial charge in [0.2, 0.25) is 0 Å². The van der Waals surface area contributed by atoms with Crippen LogP contribution in [0.2, 0.25) is 0 Å². The fourth-order valence-electron chi connectivity index (χ4n) is 2.05. The van der Waals surface area contributed by atoms with Crippen molar-refractivity contribution in [3.8, 4) is 11.1 Å². The highest BCUT2D eigenvalue weighted by molar-refractivity contribution is 5.66. The van der Waals surface area contributed by atoms with Crippen LogP contribution >= 0.6 is 0 Å². The van der Waals surface area contributed by atoms with Gasteiger partial charge in [-0.25, -0.2) is 0 Å². The van der Waals surface area contributed by atoms with Gasteiger partial charge in [0.1, 0.15) is 0 Å². The number of hydrogen-bond acceptors (Lipinski definition) is 0. The van der Waals surface area contributed by atoms with Crippen molar-refractivity contribution in [3.05, 3.63) is 96.1 Å². The van der Waals surface area contributed by atoms with E-state index >= 15 is 0 Å². The molecule has 0 N–H and O–H groups in total. The average Bonchev–Trinajstić information content (AvgIpc) is 2.74. The van der Waals surface area contributed by atoms with Gasteiger partial charge in [-0.05, 0) is 30.5 Å². The van der Waals surface area contributed by atoms with Gasteiger partial charge in [0.25, 0.3) is 0 Å². The highest BCUT2D eigenvalue weighted by atomic mass is 14.0. The van der Waals surface area contributed by atoms with Gasteiger partial charge in [0.05, 0.1) is 0 Å². The molecule has 3 rings (SSSR count). The molecule has 26 heavy (non-hydrogen) atoms. The fourth-order valence-corrected chi connectivity index (χ4v) is 2.05. The topological polar surface area (TPSA) is 0 Å². The molecule has 0 aliphatic carbocycles. The van der Waals surface area contributed by atoms with Crippen LogP contribution in [0.25, 0.3) is 11.1 Å². The molecule has 0 nitrogen and oxygen atoms in total. The van der Waals surface area contributed by atoms with Gasteiger partial charge in [-0.2, -0.15) is 0 Å². The first-order chi connectivity index (χ1) is 12.8. The van der Waals surface area contributed by atoms with Gasteiger partial charge in [-0.3, -0.25) is 0 Å². The summed E-state index contributed by atoms with van der Waals surface area (Å²) in [6.45, 7) is 16.2. The van der Waals surface area contributed by atoms with Crippen LogP contribution in [-0.2, 0) is 0 Å². The molecule has 0 bridgehead atoms. The van der Waals surface area contributed by atoms with Crippen molar-refractivity contribution in [1.82, 2.24) is 0 Å². The molecule has 3 aromatic rings. The molecule has 0 heterocycles. The molecule has 0 atom stereocenters. The van der Waals surface area contributed by atoms with E-state index in [0.29, 0.717) is 0 Å². The normalized spacial score (nSPS) is 8.00. The van der Waals surface area contributed by atoms with Crippen LogP contribution in [0.1, 0.15) is 52.7 Å². The Morgan fingerprint density at radius 2 is 0.808 bits per heavy atom. The zero-order valence-corrected chi connectivity index (χ0v) is 18.1. The third-order valence-electron chi connectivity index (χ3n) is 3.17. The Labute approximate surface area is 162 Å². The Balaban J connectivity index is 0. The Kier molecular flexibility index (Phi) is 18.9. The molecule has 0 unspecified atom stereocenters. The summed E-state index contributed by atoms with van der Waals surface area (Å²) in [5.41, 5.74) is 5.26. The maximum atomic E-state index is 2.16. The first-order valence-corrected chi connectivity index (χ1v) is 9.90. The Hall–Kier alpha value is -2.34. The van der Waals surface area contributed by atoms with Crippen molar-refractivity contribution in [2.75, 3.05) is 0 Å². The zero-order chi connectivity index (χ0) is 20.2. The maximum Gasteiger partial charge on any atom is -0.0155 e. The SMILES string of the molecule is CC.CC.CC.Cc1ccccc1.Cc1ccccc1-c1ccccc1. The second kappa shape index (κ2) is 19.0. The summed E-state index contributed by atoms with van der Waals surface area (Å²) in [7, 11) is 0. The molecule has 0 saturated heterocycles. The second-order valence-corrected chi connectivity index (χ2v) is 4.84. The van der Waals surface area contributed by atoms with Crippen LogP contribution in [-0.4, -0.2) is 0 Å². The van der Waals surface area contributed by atoms with Crippen molar-refractivity contribution >= 4 is 0 Å². The minimum absolute atomic E-state index is 1.29. The van der Waals surface area contributed by atoms with Crippen molar-refractivity contribution in [2.45, 2.75) is 55.4 Å². The molecule has 0 aliphatic heterocycles. The Morgan fingerprint density at radius 3 is 1.19 bits per heavy atom. The molecule has 0 spiro atoms. The third-order valence-corrected chi connectivity index (χ3v) is 3.17. The minimum atomic E-state index is 1.29. The van der Waals surface area contributed by atoms with E-state index in [-0.39, 0.29) is 0 Å². The van der Waals surface area contributed by atoms with Crippen LogP contribution in [0.3, 0.4) is 0 Å². The molecule has 0 saturated carbocycles. The van der Waals surface area contributed by atoms with Crippen LogP contribution < -0.4 is 0 Å². The quantitative estimate of drug-likeness (QED) is 0.411. The lowest BCUT2D eigenvalue weighted by Crippen LogP contribution is -1.80. The average molecular weight is 351 g/mol. The van der Waals surface area contributed by atoms with Gasteiger partial charge in [0.15, 0.2) is 0 Å². The number of aryl methyl sites for hydroxylation is 2. The van der Waals surface area contributed by atoms with Gasteiger partial charge in [0, 0.05) is 0 Å². The monoisotopic (exact) mass is 350 g/mol. The molecular formula is C26H38. The third kappa shape index (κ3) is 11.3. The standard InChI is InChI=1S/C13H12.C7H8.3C2H6/c1-11-7-5-6-10-13(11)12-8-3-2-4-9-12;1-7-5-3-2-4-6-7;3*1-2/h2-10H,1H3;2-6H,1H3;3*1-2H3. The highest BCUT2D eigenvalue weighted by Gasteiger charge is 1.97. The summed E-state index contributed by atoms with van der Waals surface area (Å²) in [5, 5.41) is 0. The van der Waals surface area contributed by atoms with Crippen LogP contribution in [0, 0.1) is 13.8 Å². The van der Waals surface area contributed by atoms with E-state index in [1.165, 1.54) is 22.3 Å². The van der Waals surface area contributed by atoms with Crippen molar-refractivity contribution < 1.29 is 0 Å². The lowest BCUT2D eigenvalue weighted by Gasteiger charge is -2.04. The van der Waals surface area contributed by atoms with Gasteiger partial charge >= 0.3 is 0 Å². The molecule has 0 aliphatic rings. The Bertz CT molecular complexity index is 624. The molecule has 3 aromatic carbocycles. The molecule has 0 aromatic heterocycles. The predicted molar refractivity (Wildman–Crippen MR) is 122 cm³/mol. The van der Waals surface area contributed by atoms with Crippen molar-refractivity contribution in [3.63, 3.8) is 0 Å². The van der Waals surface area contributed by atoms with Gasteiger partial charge in [-0.15, -0.1) is 0 Å². The summed E-state index contributed by atoms with van der Waals surface area (Å²) in [6, 6.07) is 29.2. The molecule has 0 radical (unpaired) electrons.